The fourth-order valence-electron chi connectivity index (χ4n) is 3.57. The average Bonchev–Trinajstić information content (AvgIpc) is 2.74. The van der Waals surface area contributed by atoms with Crippen LogP contribution in [0.5, 0.6) is 11.5 Å². The molecule has 0 spiro atoms. The van der Waals surface area contributed by atoms with Crippen LogP contribution in [-0.2, 0) is 23.0 Å². The van der Waals surface area contributed by atoms with Crippen LogP contribution in [0.25, 0.3) is 0 Å². The van der Waals surface area contributed by atoms with Gasteiger partial charge in [-0.1, -0.05) is 29.3 Å². The van der Waals surface area contributed by atoms with Crippen LogP contribution in [0.2, 0.25) is 10.0 Å². The molecule has 1 aliphatic heterocycles. The van der Waals surface area contributed by atoms with E-state index in [1.807, 2.05) is 6.07 Å². The first-order valence-corrected chi connectivity index (χ1v) is 12.0. The number of nitrogens with one attached hydrogen (secondary N) is 1. The van der Waals surface area contributed by atoms with Crippen molar-refractivity contribution in [3.63, 3.8) is 0 Å². The molecule has 10 heteroatoms. The quantitative estimate of drug-likeness (QED) is 0.502. The highest BCUT2D eigenvalue weighted by Crippen LogP contribution is 2.33. The zero-order valence-electron chi connectivity index (χ0n) is 17.5. The predicted octanol–water partition coefficient (Wildman–Crippen LogP) is 4.55. The Morgan fingerprint density at radius 2 is 1.74 bits per heavy atom. The van der Waals surface area contributed by atoms with Gasteiger partial charge >= 0.3 is 0 Å². The third kappa shape index (κ3) is 6.40. The van der Waals surface area contributed by atoms with E-state index >= 15 is 0 Å². The van der Waals surface area contributed by atoms with Gasteiger partial charge in [-0.05, 0) is 61.2 Å². The number of sulfonamides is 1. The van der Waals surface area contributed by atoms with Gasteiger partial charge in [-0.25, -0.2) is 13.1 Å². The fraction of sp³-hybridized carbons (Fsp3) is 0.429. The Hall–Kier alpha value is -1.22. The number of nitrogens with zero attached hydrogens (tertiary/aromatic N) is 1. The molecule has 31 heavy (non-hydrogen) atoms. The van der Waals surface area contributed by atoms with Gasteiger partial charge in [0.15, 0.2) is 11.5 Å². The number of unbranched alkanes of at least 4 members (excludes halogenated alkanes) is 1. The van der Waals surface area contributed by atoms with Crippen LogP contribution in [0.1, 0.15) is 24.0 Å². The normalized spacial score (nSPS) is 13.9. The maximum absolute atomic E-state index is 12.4. The zero-order valence-corrected chi connectivity index (χ0v) is 20.6. The Kier molecular flexibility index (Phi) is 9.73. The number of fused-ring (bicyclic) bond motifs is 1. The van der Waals surface area contributed by atoms with E-state index in [2.05, 4.69) is 15.7 Å². The molecule has 0 saturated heterocycles. The molecule has 1 N–H and O–H groups in total. The zero-order chi connectivity index (χ0) is 21.7. The van der Waals surface area contributed by atoms with E-state index in [9.17, 15) is 8.42 Å². The third-order valence-corrected chi connectivity index (χ3v) is 7.63. The highest BCUT2D eigenvalue weighted by atomic mass is 35.5. The Balaban J connectivity index is 0.00000341. The number of benzene rings is 2. The van der Waals surface area contributed by atoms with Gasteiger partial charge in [0.2, 0.25) is 10.0 Å². The molecule has 0 bridgehead atoms. The summed E-state index contributed by atoms with van der Waals surface area (Å²) in [4.78, 5) is 2.38. The van der Waals surface area contributed by atoms with Crippen molar-refractivity contribution in [3.05, 3.63) is 51.5 Å². The Morgan fingerprint density at radius 3 is 2.42 bits per heavy atom. The summed E-state index contributed by atoms with van der Waals surface area (Å²) >= 11 is 11.9. The highest BCUT2D eigenvalue weighted by Gasteiger charge is 2.20. The number of halogens is 3. The van der Waals surface area contributed by atoms with Crippen LogP contribution in [0, 0.1) is 0 Å². The second-order valence-electron chi connectivity index (χ2n) is 7.16. The lowest BCUT2D eigenvalue weighted by Gasteiger charge is -2.29. The maximum atomic E-state index is 12.4. The van der Waals surface area contributed by atoms with E-state index in [1.54, 1.807) is 26.4 Å². The molecule has 0 fully saturated rings. The monoisotopic (exact) mass is 508 g/mol. The molecule has 0 amide bonds. The molecule has 6 nitrogen and oxygen atoms in total. The molecule has 1 aliphatic rings. The lowest BCUT2D eigenvalue weighted by molar-refractivity contribution is 0.248. The van der Waals surface area contributed by atoms with Crippen LogP contribution < -0.4 is 14.2 Å². The van der Waals surface area contributed by atoms with Gasteiger partial charge < -0.3 is 9.47 Å². The third-order valence-electron chi connectivity index (χ3n) is 5.20. The summed E-state index contributed by atoms with van der Waals surface area (Å²) in [5.74, 6) is 1.50. The van der Waals surface area contributed by atoms with Crippen molar-refractivity contribution in [2.24, 2.45) is 0 Å². The summed E-state index contributed by atoms with van der Waals surface area (Å²) in [6.07, 6.45) is 2.57. The first kappa shape index (κ1) is 26.0. The summed E-state index contributed by atoms with van der Waals surface area (Å²) < 4.78 is 38.3. The summed E-state index contributed by atoms with van der Waals surface area (Å²) in [7, 11) is -0.391. The Labute approximate surface area is 200 Å². The number of hydrogen-bond donors (Lipinski definition) is 1. The number of ether oxygens (including phenoxy) is 2. The van der Waals surface area contributed by atoms with Crippen LogP contribution >= 0.6 is 35.6 Å². The predicted molar refractivity (Wildman–Crippen MR) is 127 cm³/mol. The minimum Gasteiger partial charge on any atom is -0.493 e. The first-order chi connectivity index (χ1) is 14.4. The van der Waals surface area contributed by atoms with E-state index in [0.29, 0.717) is 6.54 Å². The molecule has 0 aromatic heterocycles. The van der Waals surface area contributed by atoms with Crippen LogP contribution in [0.4, 0.5) is 0 Å². The van der Waals surface area contributed by atoms with Gasteiger partial charge in [-0.15, -0.1) is 12.4 Å². The van der Waals surface area contributed by atoms with Crippen LogP contribution in [-0.4, -0.2) is 47.2 Å². The number of rotatable bonds is 9. The van der Waals surface area contributed by atoms with Gasteiger partial charge in [0, 0.05) is 19.6 Å². The van der Waals surface area contributed by atoms with Crippen molar-refractivity contribution in [2.45, 2.75) is 30.7 Å². The van der Waals surface area contributed by atoms with Crippen molar-refractivity contribution in [3.8, 4) is 11.5 Å². The lowest BCUT2D eigenvalue weighted by Crippen LogP contribution is -2.32. The molecule has 0 atom stereocenters. The van der Waals surface area contributed by atoms with Crippen LogP contribution in [0.3, 0.4) is 0 Å². The molecule has 172 valence electrons. The average molecular weight is 510 g/mol. The van der Waals surface area contributed by atoms with Crippen molar-refractivity contribution in [1.82, 2.24) is 9.62 Å². The topological polar surface area (TPSA) is 67.9 Å². The van der Waals surface area contributed by atoms with Gasteiger partial charge in [-0.2, -0.15) is 0 Å². The molecular formula is C21H27Cl3N2O4S. The van der Waals surface area contributed by atoms with E-state index in [1.165, 1.54) is 17.2 Å². The van der Waals surface area contributed by atoms with Crippen LogP contribution in [0.15, 0.2) is 35.2 Å². The standard InChI is InChI=1S/C21H26Cl2N2O4S.ClH/c1-28-18-12-15-8-11-25(14-16(15)13-19(18)29-2)10-4-3-9-24-30(26,27)20-7-5-6-17(22)21(20)23;/h5-7,12-13,24H,3-4,8-11,14H2,1-2H3;1H. The molecule has 2 aromatic rings. The molecule has 3 rings (SSSR count). The second kappa shape index (κ2) is 11.6. The van der Waals surface area contributed by atoms with Crippen molar-refractivity contribution in [1.29, 1.82) is 0 Å². The van der Waals surface area contributed by atoms with E-state index < -0.39 is 10.0 Å². The van der Waals surface area contributed by atoms with Crippen molar-refractivity contribution >= 4 is 45.6 Å². The molecule has 0 aliphatic carbocycles. The maximum Gasteiger partial charge on any atom is 0.242 e. The summed E-state index contributed by atoms with van der Waals surface area (Å²) in [6, 6.07) is 8.68. The van der Waals surface area contributed by atoms with Crippen molar-refractivity contribution < 1.29 is 17.9 Å². The first-order valence-electron chi connectivity index (χ1n) is 9.75. The fourth-order valence-corrected chi connectivity index (χ4v) is 5.40. The molecular weight excluding hydrogens is 483 g/mol. The van der Waals surface area contributed by atoms with E-state index in [4.69, 9.17) is 32.7 Å². The molecule has 1 heterocycles. The molecule has 0 saturated carbocycles. The summed E-state index contributed by atoms with van der Waals surface area (Å²) in [5.41, 5.74) is 2.53. The van der Waals surface area contributed by atoms with Gasteiger partial charge in [0.1, 0.15) is 4.90 Å². The molecule has 0 radical (unpaired) electrons. The van der Waals surface area contributed by atoms with Gasteiger partial charge in [0.05, 0.1) is 24.3 Å². The highest BCUT2D eigenvalue weighted by molar-refractivity contribution is 7.89. The number of hydrogen-bond acceptors (Lipinski definition) is 5. The summed E-state index contributed by atoms with van der Waals surface area (Å²) in [6.45, 7) is 3.06. The van der Waals surface area contributed by atoms with Gasteiger partial charge in [0.25, 0.3) is 0 Å². The van der Waals surface area contributed by atoms with E-state index in [0.717, 1.165) is 50.4 Å². The summed E-state index contributed by atoms with van der Waals surface area (Å²) in [5, 5.41) is 0.268. The minimum atomic E-state index is -3.68. The van der Waals surface area contributed by atoms with E-state index in [-0.39, 0.29) is 27.3 Å². The SMILES string of the molecule is COc1cc2c(cc1OC)CN(CCCCNS(=O)(=O)c1cccc(Cl)c1Cl)CC2.Cl. The molecule has 0 unspecified atom stereocenters. The molecule has 2 aromatic carbocycles. The lowest BCUT2D eigenvalue weighted by atomic mass is 9.98. The Morgan fingerprint density at radius 1 is 1.06 bits per heavy atom. The Bertz CT molecular complexity index is 1000. The minimum absolute atomic E-state index is 0. The number of methoxy groups -OCH3 is 2. The largest absolute Gasteiger partial charge is 0.493 e. The second-order valence-corrected chi connectivity index (χ2v) is 9.68. The van der Waals surface area contributed by atoms with Gasteiger partial charge in [-0.3, -0.25) is 4.90 Å². The van der Waals surface area contributed by atoms with Crippen molar-refractivity contribution in [2.75, 3.05) is 33.9 Å². The smallest absolute Gasteiger partial charge is 0.242 e.